The summed E-state index contributed by atoms with van der Waals surface area (Å²) in [6, 6.07) is 3.79. The van der Waals surface area contributed by atoms with Crippen molar-refractivity contribution >= 4 is 17.6 Å². The van der Waals surface area contributed by atoms with E-state index in [4.69, 9.17) is 4.74 Å². The zero-order valence-corrected chi connectivity index (χ0v) is 14.3. The Kier molecular flexibility index (Phi) is 4.94. The van der Waals surface area contributed by atoms with Gasteiger partial charge in [-0.1, -0.05) is 6.42 Å². The second-order valence-corrected chi connectivity index (χ2v) is 6.94. The Morgan fingerprint density at radius 2 is 2.04 bits per heavy atom. The molecule has 1 saturated carbocycles. The Morgan fingerprint density at radius 1 is 1.32 bits per heavy atom. The van der Waals surface area contributed by atoms with Crippen molar-refractivity contribution in [1.82, 2.24) is 5.32 Å². The van der Waals surface area contributed by atoms with E-state index in [-0.39, 0.29) is 5.56 Å². The highest BCUT2D eigenvalue weighted by Crippen LogP contribution is 2.38. The van der Waals surface area contributed by atoms with E-state index in [2.05, 4.69) is 5.32 Å². The molecule has 1 aromatic carbocycles. The third kappa shape index (κ3) is 3.61. The minimum atomic E-state index is -0.976. The molecule has 0 spiro atoms. The van der Waals surface area contributed by atoms with E-state index in [1.54, 1.807) is 13.0 Å². The fraction of sp³-hybridized carbons (Fsp3) is 0.556. The first-order chi connectivity index (χ1) is 11.9. The van der Waals surface area contributed by atoms with Crippen LogP contribution in [0.5, 0.6) is 0 Å². The fourth-order valence-electron chi connectivity index (χ4n) is 3.60. The summed E-state index contributed by atoms with van der Waals surface area (Å²) >= 11 is 0. The number of halogens is 1. The van der Waals surface area contributed by atoms with E-state index in [9.17, 15) is 19.1 Å². The number of carboxylic acids is 1. The monoisotopic (exact) mass is 350 g/mol. The van der Waals surface area contributed by atoms with Crippen molar-refractivity contribution in [3.63, 3.8) is 0 Å². The van der Waals surface area contributed by atoms with Crippen LogP contribution in [0.3, 0.4) is 0 Å². The summed E-state index contributed by atoms with van der Waals surface area (Å²) in [6.45, 7) is 4.07. The normalized spacial score (nSPS) is 26.5. The highest BCUT2D eigenvalue weighted by atomic mass is 19.1. The van der Waals surface area contributed by atoms with E-state index in [0.717, 1.165) is 6.42 Å². The number of hydrogen-bond donors (Lipinski definition) is 2. The van der Waals surface area contributed by atoms with Gasteiger partial charge in [0.15, 0.2) is 0 Å². The van der Waals surface area contributed by atoms with Crippen LogP contribution in [0.25, 0.3) is 0 Å². The lowest BCUT2D eigenvalue weighted by molar-refractivity contribution is -0.148. The highest BCUT2D eigenvalue weighted by molar-refractivity contribution is 5.96. The maximum Gasteiger partial charge on any atom is 0.311 e. The molecule has 1 aromatic rings. The minimum Gasteiger partial charge on any atom is -0.481 e. The van der Waals surface area contributed by atoms with Crippen LogP contribution < -0.4 is 10.2 Å². The molecule has 0 bridgehead atoms. The number of carbonyl (C=O) groups is 2. The van der Waals surface area contributed by atoms with Crippen LogP contribution in [0.4, 0.5) is 10.1 Å². The molecular weight excluding hydrogens is 327 g/mol. The number of rotatable bonds is 4. The van der Waals surface area contributed by atoms with Gasteiger partial charge in [0.2, 0.25) is 0 Å². The summed E-state index contributed by atoms with van der Waals surface area (Å²) in [5.41, 5.74) is -0.127. The molecule has 1 saturated heterocycles. The van der Waals surface area contributed by atoms with E-state index < -0.39 is 29.2 Å². The molecule has 1 amide bonds. The van der Waals surface area contributed by atoms with Gasteiger partial charge in [-0.2, -0.15) is 0 Å². The quantitative estimate of drug-likeness (QED) is 0.869. The average Bonchev–Trinajstić information content (AvgIpc) is 2.97. The molecule has 25 heavy (non-hydrogen) atoms. The van der Waals surface area contributed by atoms with Gasteiger partial charge in [-0.25, -0.2) is 4.39 Å². The molecule has 2 aliphatic rings. The number of carbonyl (C=O) groups excluding carboxylic acids is 1. The molecule has 2 atom stereocenters. The third-order valence-electron chi connectivity index (χ3n) is 5.27. The second-order valence-electron chi connectivity index (χ2n) is 6.94. The molecule has 3 rings (SSSR count). The summed E-state index contributed by atoms with van der Waals surface area (Å²) in [5, 5.41) is 12.2. The van der Waals surface area contributed by atoms with Crippen molar-refractivity contribution in [2.45, 2.75) is 32.2 Å². The number of hydrogen-bond acceptors (Lipinski definition) is 4. The van der Waals surface area contributed by atoms with Crippen molar-refractivity contribution in [1.29, 1.82) is 0 Å². The van der Waals surface area contributed by atoms with Crippen molar-refractivity contribution < 1.29 is 23.8 Å². The van der Waals surface area contributed by atoms with Crippen molar-refractivity contribution in [2.24, 2.45) is 5.41 Å². The second kappa shape index (κ2) is 7.00. The lowest BCUT2D eigenvalue weighted by Crippen LogP contribution is -2.47. The number of amides is 1. The van der Waals surface area contributed by atoms with Crippen molar-refractivity contribution in [2.75, 3.05) is 31.2 Å². The molecule has 2 unspecified atom stereocenters. The first kappa shape index (κ1) is 17.7. The van der Waals surface area contributed by atoms with Gasteiger partial charge in [0.1, 0.15) is 5.82 Å². The average molecular weight is 350 g/mol. The van der Waals surface area contributed by atoms with Crippen molar-refractivity contribution in [3.8, 4) is 0 Å². The number of ether oxygens (including phenoxy) is 1. The van der Waals surface area contributed by atoms with Gasteiger partial charge in [0.25, 0.3) is 5.91 Å². The van der Waals surface area contributed by atoms with E-state index >= 15 is 0 Å². The summed E-state index contributed by atoms with van der Waals surface area (Å²) in [5.74, 6) is -1.83. The van der Waals surface area contributed by atoms with Gasteiger partial charge < -0.3 is 20.1 Å². The molecule has 2 fully saturated rings. The van der Waals surface area contributed by atoms with Gasteiger partial charge in [-0.3, -0.25) is 9.59 Å². The summed E-state index contributed by atoms with van der Waals surface area (Å²) in [6.07, 6.45) is 1.88. The number of nitrogens with one attached hydrogen (secondary N) is 1. The van der Waals surface area contributed by atoms with Crippen LogP contribution in [0.1, 0.15) is 36.5 Å². The van der Waals surface area contributed by atoms with Crippen LogP contribution in [-0.4, -0.2) is 49.3 Å². The smallest absolute Gasteiger partial charge is 0.311 e. The zero-order valence-electron chi connectivity index (χ0n) is 14.3. The molecule has 6 nitrogen and oxygen atoms in total. The number of benzene rings is 1. The Bertz CT molecular complexity index is 675. The minimum absolute atomic E-state index is 0.209. The van der Waals surface area contributed by atoms with Gasteiger partial charge in [0.05, 0.1) is 18.6 Å². The van der Waals surface area contributed by atoms with Crippen LogP contribution in [0.2, 0.25) is 0 Å². The molecule has 0 aromatic heterocycles. The fourth-order valence-corrected chi connectivity index (χ4v) is 3.60. The molecule has 1 aliphatic heterocycles. The number of morpholine rings is 1. The predicted octanol–water partition coefficient (Wildman–Crippen LogP) is 2.04. The van der Waals surface area contributed by atoms with E-state index in [1.807, 2.05) is 4.90 Å². The molecule has 7 heteroatoms. The van der Waals surface area contributed by atoms with Crippen LogP contribution in [-0.2, 0) is 9.53 Å². The van der Waals surface area contributed by atoms with Gasteiger partial charge in [-0.05, 0) is 38.0 Å². The summed E-state index contributed by atoms with van der Waals surface area (Å²) in [4.78, 5) is 26.1. The van der Waals surface area contributed by atoms with Crippen LogP contribution in [0.15, 0.2) is 18.2 Å². The van der Waals surface area contributed by atoms with Crippen molar-refractivity contribution in [3.05, 3.63) is 29.6 Å². The SMILES string of the molecule is CC1(C(=O)O)CCCC1NC(=O)c1cc(F)cc(N2CCOCC2)c1. The molecule has 1 heterocycles. The summed E-state index contributed by atoms with van der Waals surface area (Å²) < 4.78 is 19.3. The third-order valence-corrected chi connectivity index (χ3v) is 5.27. The lowest BCUT2D eigenvalue weighted by atomic mass is 9.85. The first-order valence-electron chi connectivity index (χ1n) is 8.58. The largest absolute Gasteiger partial charge is 0.481 e. The first-order valence-corrected chi connectivity index (χ1v) is 8.58. The number of carboxylic acid groups (broad SMARTS) is 1. The molecule has 136 valence electrons. The van der Waals surface area contributed by atoms with Crippen LogP contribution in [0, 0.1) is 11.2 Å². The van der Waals surface area contributed by atoms with E-state index in [1.165, 1.54) is 12.1 Å². The van der Waals surface area contributed by atoms with Gasteiger partial charge in [-0.15, -0.1) is 0 Å². The molecule has 2 N–H and O–H groups in total. The number of aliphatic carboxylic acids is 1. The maximum absolute atomic E-state index is 14.0. The highest BCUT2D eigenvalue weighted by Gasteiger charge is 2.46. The van der Waals surface area contributed by atoms with Gasteiger partial charge >= 0.3 is 5.97 Å². The Balaban J connectivity index is 1.78. The predicted molar refractivity (Wildman–Crippen MR) is 90.3 cm³/mol. The Morgan fingerprint density at radius 3 is 2.72 bits per heavy atom. The molecule has 0 radical (unpaired) electrons. The van der Waals surface area contributed by atoms with Crippen LogP contribution >= 0.6 is 0 Å². The number of anilines is 1. The Labute approximate surface area is 146 Å². The number of nitrogens with zero attached hydrogens (tertiary/aromatic N) is 1. The molecule has 1 aliphatic carbocycles. The lowest BCUT2D eigenvalue weighted by Gasteiger charge is -2.30. The topological polar surface area (TPSA) is 78.9 Å². The standard InChI is InChI=1S/C18H23FN2O4/c1-18(17(23)24)4-2-3-15(18)20-16(22)12-9-13(19)11-14(10-12)21-5-7-25-8-6-21/h9-11,15H,2-8H2,1H3,(H,20,22)(H,23,24). The molecular formula is C18H23FN2O4. The zero-order chi connectivity index (χ0) is 18.0. The van der Waals surface area contributed by atoms with E-state index in [0.29, 0.717) is 44.8 Å². The maximum atomic E-state index is 14.0. The Hall–Kier alpha value is -2.15. The van der Waals surface area contributed by atoms with Gasteiger partial charge in [0, 0.05) is 30.4 Å². The summed E-state index contributed by atoms with van der Waals surface area (Å²) in [7, 11) is 0.